The van der Waals surface area contributed by atoms with Gasteiger partial charge in [0.25, 0.3) is 0 Å². The second kappa shape index (κ2) is 11.3. The molecule has 33 heavy (non-hydrogen) atoms. The number of piperazine rings is 1. The number of rotatable bonds is 7. The second-order valence-corrected chi connectivity index (χ2v) is 8.86. The largest absolute Gasteiger partial charge is 0.368 e. The highest BCUT2D eigenvalue weighted by atomic mass is 35.5. The average Bonchev–Trinajstić information content (AvgIpc) is 2.83. The number of hydrogen-bond acceptors (Lipinski definition) is 3. The van der Waals surface area contributed by atoms with E-state index in [9.17, 15) is 4.79 Å². The molecule has 0 radical (unpaired) electrons. The van der Waals surface area contributed by atoms with Crippen molar-refractivity contribution in [1.82, 2.24) is 9.80 Å². The number of halogens is 1. The first-order valence-corrected chi connectivity index (χ1v) is 11.7. The lowest BCUT2D eigenvalue weighted by atomic mass is 10.1. The van der Waals surface area contributed by atoms with Crippen LogP contribution in [0.15, 0.2) is 78.9 Å². The molecule has 0 saturated carbocycles. The number of para-hydroxylation sites is 1. The molecule has 6 heteroatoms. The van der Waals surface area contributed by atoms with Crippen molar-refractivity contribution in [3.05, 3.63) is 101 Å². The van der Waals surface area contributed by atoms with E-state index in [1.54, 1.807) is 0 Å². The molecule has 1 aliphatic heterocycles. The number of amides is 2. The Labute approximate surface area is 200 Å². The zero-order chi connectivity index (χ0) is 23.0. The zero-order valence-corrected chi connectivity index (χ0v) is 19.7. The summed E-state index contributed by atoms with van der Waals surface area (Å²) in [5.41, 5.74) is 4.31. The lowest BCUT2D eigenvalue weighted by Gasteiger charge is -2.36. The Bertz CT molecular complexity index is 1030. The fourth-order valence-corrected chi connectivity index (χ4v) is 4.15. The van der Waals surface area contributed by atoms with Gasteiger partial charge in [0.2, 0.25) is 0 Å². The summed E-state index contributed by atoms with van der Waals surface area (Å²) in [6.07, 6.45) is -0.0764. The van der Waals surface area contributed by atoms with Gasteiger partial charge in [-0.3, -0.25) is 4.90 Å². The van der Waals surface area contributed by atoms with Gasteiger partial charge in [-0.25, -0.2) is 4.79 Å². The van der Waals surface area contributed by atoms with Crippen LogP contribution in [0.4, 0.5) is 10.5 Å². The second-order valence-electron chi connectivity index (χ2n) is 8.42. The maximum atomic E-state index is 12.6. The number of benzene rings is 3. The van der Waals surface area contributed by atoms with Crippen LogP contribution in [0.25, 0.3) is 0 Å². The first-order chi connectivity index (χ1) is 16.1. The molecule has 3 aromatic rings. The molecular formula is C27H30ClN3O2. The minimum absolute atomic E-state index is 0.0502. The Hall–Kier alpha value is -2.86. The third-order valence-electron chi connectivity index (χ3n) is 5.88. The van der Waals surface area contributed by atoms with Crippen molar-refractivity contribution in [2.45, 2.75) is 19.6 Å². The fourth-order valence-electron chi connectivity index (χ4n) is 4.02. The summed E-state index contributed by atoms with van der Waals surface area (Å²) in [5, 5.41) is 3.69. The molecule has 1 saturated heterocycles. The van der Waals surface area contributed by atoms with Gasteiger partial charge in [0.1, 0.15) is 0 Å². The number of ether oxygens (including phenoxy) is 1. The van der Waals surface area contributed by atoms with E-state index < -0.39 is 0 Å². The van der Waals surface area contributed by atoms with E-state index >= 15 is 0 Å². The predicted octanol–water partition coefficient (Wildman–Crippen LogP) is 5.76. The first-order valence-electron chi connectivity index (χ1n) is 11.3. The van der Waals surface area contributed by atoms with Gasteiger partial charge in [0, 0.05) is 43.4 Å². The van der Waals surface area contributed by atoms with Gasteiger partial charge in [-0.15, -0.1) is 0 Å². The van der Waals surface area contributed by atoms with Crippen LogP contribution in [-0.2, 0) is 11.3 Å². The molecule has 1 heterocycles. The van der Waals surface area contributed by atoms with Gasteiger partial charge in [-0.1, -0.05) is 71.8 Å². The third-order valence-corrected chi connectivity index (χ3v) is 6.14. The molecule has 0 spiro atoms. The van der Waals surface area contributed by atoms with Crippen LogP contribution in [0.2, 0.25) is 5.02 Å². The van der Waals surface area contributed by atoms with Gasteiger partial charge in [-0.05, 0) is 42.3 Å². The molecule has 0 aromatic heterocycles. The summed E-state index contributed by atoms with van der Waals surface area (Å²) in [5.74, 6) is 0. The number of carbonyl (C=O) groups is 1. The molecule has 4 rings (SSSR count). The zero-order valence-electron chi connectivity index (χ0n) is 18.9. The van der Waals surface area contributed by atoms with Gasteiger partial charge in [0.05, 0.1) is 12.7 Å². The minimum Gasteiger partial charge on any atom is -0.368 e. The number of urea groups is 1. The van der Waals surface area contributed by atoms with E-state index in [2.05, 4.69) is 41.4 Å². The highest BCUT2D eigenvalue weighted by Crippen LogP contribution is 2.23. The number of nitrogens with one attached hydrogen (secondary N) is 1. The third kappa shape index (κ3) is 6.81. The number of hydrogen-bond donors (Lipinski definition) is 1. The number of carbonyl (C=O) groups excluding carboxylic acids is 1. The van der Waals surface area contributed by atoms with Crippen LogP contribution in [0, 0.1) is 6.92 Å². The topological polar surface area (TPSA) is 44.8 Å². The van der Waals surface area contributed by atoms with Crippen LogP contribution < -0.4 is 5.32 Å². The molecule has 5 nitrogen and oxygen atoms in total. The van der Waals surface area contributed by atoms with Crippen molar-refractivity contribution < 1.29 is 9.53 Å². The Morgan fingerprint density at radius 1 is 0.970 bits per heavy atom. The molecule has 172 valence electrons. The molecule has 0 aliphatic carbocycles. The molecular weight excluding hydrogens is 434 g/mol. The van der Waals surface area contributed by atoms with Gasteiger partial charge >= 0.3 is 6.03 Å². The summed E-state index contributed by atoms with van der Waals surface area (Å²) >= 11 is 6.11. The maximum Gasteiger partial charge on any atom is 0.321 e. The summed E-state index contributed by atoms with van der Waals surface area (Å²) < 4.78 is 6.39. The van der Waals surface area contributed by atoms with Gasteiger partial charge in [-0.2, -0.15) is 0 Å². The molecule has 1 N–H and O–H groups in total. The lowest BCUT2D eigenvalue weighted by molar-refractivity contribution is 0.00592. The van der Waals surface area contributed by atoms with Crippen LogP contribution in [0.1, 0.15) is 22.8 Å². The molecule has 2 amide bonds. The van der Waals surface area contributed by atoms with Crippen molar-refractivity contribution >= 4 is 23.3 Å². The molecule has 3 aromatic carbocycles. The van der Waals surface area contributed by atoms with E-state index in [-0.39, 0.29) is 12.1 Å². The first kappa shape index (κ1) is 23.3. The SMILES string of the molecule is Cc1cccc(CO[C@H](CN2CCN(C(=O)Nc3ccccc3)CC2)c2ccc(Cl)cc2)c1. The Morgan fingerprint density at radius 3 is 2.39 bits per heavy atom. The number of aryl methyl sites for hydroxylation is 1. The Morgan fingerprint density at radius 2 is 1.70 bits per heavy atom. The summed E-state index contributed by atoms with van der Waals surface area (Å²) in [7, 11) is 0. The normalized spacial score (nSPS) is 15.3. The van der Waals surface area contributed by atoms with Crippen LogP contribution in [0.3, 0.4) is 0 Å². The van der Waals surface area contributed by atoms with Gasteiger partial charge < -0.3 is 15.0 Å². The standard InChI is InChI=1S/C27H30ClN3O2/c1-21-6-5-7-22(18-21)20-33-26(23-10-12-24(28)13-11-23)19-30-14-16-31(17-15-30)27(32)29-25-8-3-2-4-9-25/h2-13,18,26H,14-17,19-20H2,1H3,(H,29,32)/t26-/m1/s1. The van der Waals surface area contributed by atoms with Crippen molar-refractivity contribution in [3.8, 4) is 0 Å². The fraction of sp³-hybridized carbons (Fsp3) is 0.296. The van der Waals surface area contributed by atoms with Crippen LogP contribution in [0.5, 0.6) is 0 Å². The Balaban J connectivity index is 1.35. The van der Waals surface area contributed by atoms with Crippen molar-refractivity contribution in [2.75, 3.05) is 38.0 Å². The summed E-state index contributed by atoms with van der Waals surface area (Å²) in [6, 6.07) is 25.8. The molecule has 1 aliphatic rings. The lowest BCUT2D eigenvalue weighted by Crippen LogP contribution is -2.50. The number of nitrogens with zero attached hydrogens (tertiary/aromatic N) is 2. The van der Waals surface area contributed by atoms with E-state index in [0.29, 0.717) is 24.7 Å². The van der Waals surface area contributed by atoms with Crippen molar-refractivity contribution in [3.63, 3.8) is 0 Å². The van der Waals surface area contributed by atoms with E-state index in [1.807, 2.05) is 59.5 Å². The molecule has 1 fully saturated rings. The molecule has 1 atom stereocenters. The van der Waals surface area contributed by atoms with Crippen LogP contribution >= 0.6 is 11.6 Å². The monoisotopic (exact) mass is 463 g/mol. The Kier molecular flexibility index (Phi) is 8.00. The van der Waals surface area contributed by atoms with Crippen molar-refractivity contribution in [1.29, 1.82) is 0 Å². The maximum absolute atomic E-state index is 12.6. The quantitative estimate of drug-likeness (QED) is 0.484. The highest BCUT2D eigenvalue weighted by Gasteiger charge is 2.24. The summed E-state index contributed by atoms with van der Waals surface area (Å²) in [4.78, 5) is 16.8. The van der Waals surface area contributed by atoms with E-state index in [1.165, 1.54) is 5.56 Å². The predicted molar refractivity (Wildman–Crippen MR) is 134 cm³/mol. The summed E-state index contributed by atoms with van der Waals surface area (Å²) in [6.45, 7) is 6.39. The highest BCUT2D eigenvalue weighted by molar-refractivity contribution is 6.30. The van der Waals surface area contributed by atoms with E-state index in [4.69, 9.17) is 16.3 Å². The number of anilines is 1. The van der Waals surface area contributed by atoms with Gasteiger partial charge in [0.15, 0.2) is 0 Å². The average molecular weight is 464 g/mol. The van der Waals surface area contributed by atoms with Crippen LogP contribution in [-0.4, -0.2) is 48.6 Å². The van der Waals surface area contributed by atoms with E-state index in [0.717, 1.165) is 36.4 Å². The smallest absolute Gasteiger partial charge is 0.321 e. The molecule has 0 unspecified atom stereocenters. The van der Waals surface area contributed by atoms with Crippen molar-refractivity contribution in [2.24, 2.45) is 0 Å². The minimum atomic E-state index is -0.0764. The molecule has 0 bridgehead atoms.